The molecule has 3 aromatic carbocycles. The fourth-order valence-electron chi connectivity index (χ4n) is 6.81. The lowest BCUT2D eigenvalue weighted by atomic mass is 9.63. The fourth-order valence-corrected chi connectivity index (χ4v) is 6.81. The van der Waals surface area contributed by atoms with Crippen LogP contribution in [-0.2, 0) is 20.9 Å². The van der Waals surface area contributed by atoms with Crippen LogP contribution in [0.4, 0.5) is 5.69 Å². The van der Waals surface area contributed by atoms with Crippen molar-refractivity contribution in [1.29, 1.82) is 0 Å². The highest BCUT2D eigenvalue weighted by atomic mass is 16.5. The van der Waals surface area contributed by atoms with Crippen LogP contribution in [0.2, 0.25) is 0 Å². The van der Waals surface area contributed by atoms with Crippen molar-refractivity contribution in [3.05, 3.63) is 108 Å². The van der Waals surface area contributed by atoms with E-state index >= 15 is 0 Å². The molecule has 2 saturated carbocycles. The monoisotopic (exact) mass is 533 g/mol. The highest BCUT2D eigenvalue weighted by Crippen LogP contribution is 2.65. The van der Waals surface area contributed by atoms with Crippen molar-refractivity contribution in [2.24, 2.45) is 35.5 Å². The van der Waals surface area contributed by atoms with Crippen LogP contribution in [0.15, 0.2) is 91.0 Å². The number of ketones is 1. The third kappa shape index (κ3) is 4.04. The van der Waals surface area contributed by atoms with Gasteiger partial charge >= 0.3 is 5.97 Å². The number of ether oxygens (including phenoxy) is 2. The molecule has 2 bridgehead atoms. The number of hydrogen-bond acceptors (Lipinski definition) is 6. The van der Waals surface area contributed by atoms with Gasteiger partial charge in [-0.2, -0.15) is 0 Å². The number of hydrogen-bond donors (Lipinski definition) is 0. The highest BCUT2D eigenvalue weighted by Gasteiger charge is 2.67. The summed E-state index contributed by atoms with van der Waals surface area (Å²) in [7, 11) is 0. The number of carbonyl (C=O) groups is 4. The molecule has 3 fully saturated rings. The standard InChI is InChI=1S/C33H27NO6/c35-28(20-10-12-21(13-11-20)39-17-19-6-2-1-3-7-19)18-40-33(38)24-8-4-5-9-27(24)34-31(36)29-22-14-15-23(26-16-25(22)26)30(29)32(34)37/h1-15,22-23,25-26,29-30H,16-18H2/t22-,23-,25-,26+,29-,30+/m0/s1. The third-order valence-electron chi connectivity index (χ3n) is 8.79. The van der Waals surface area contributed by atoms with Gasteiger partial charge in [-0.05, 0) is 72.1 Å². The number of rotatable bonds is 8. The molecule has 1 aliphatic heterocycles. The molecule has 8 rings (SSSR count). The molecule has 3 aromatic rings. The van der Waals surface area contributed by atoms with Crippen molar-refractivity contribution in [1.82, 2.24) is 0 Å². The largest absolute Gasteiger partial charge is 0.489 e. The second-order valence-corrected chi connectivity index (χ2v) is 11.0. The van der Waals surface area contributed by atoms with Crippen molar-refractivity contribution in [3.8, 4) is 5.75 Å². The van der Waals surface area contributed by atoms with E-state index in [0.29, 0.717) is 29.8 Å². The summed E-state index contributed by atoms with van der Waals surface area (Å²) < 4.78 is 11.1. The molecule has 200 valence electrons. The maximum atomic E-state index is 13.5. The van der Waals surface area contributed by atoms with Crippen LogP contribution >= 0.6 is 0 Å². The van der Waals surface area contributed by atoms with Gasteiger partial charge in [-0.1, -0.05) is 54.6 Å². The average Bonchev–Trinajstić information content (AvgIpc) is 3.78. The molecule has 2 amide bonds. The Kier molecular flexibility index (Phi) is 5.88. The van der Waals surface area contributed by atoms with Gasteiger partial charge in [0.15, 0.2) is 12.4 Å². The first kappa shape index (κ1) is 24.5. The summed E-state index contributed by atoms with van der Waals surface area (Å²) in [5, 5.41) is 0. The summed E-state index contributed by atoms with van der Waals surface area (Å²) in [4.78, 5) is 54.1. The number of para-hydroxylation sites is 1. The molecule has 0 spiro atoms. The maximum Gasteiger partial charge on any atom is 0.340 e. The van der Waals surface area contributed by atoms with Crippen LogP contribution in [0.3, 0.4) is 0 Å². The number of esters is 1. The third-order valence-corrected chi connectivity index (χ3v) is 8.79. The van der Waals surface area contributed by atoms with E-state index in [2.05, 4.69) is 12.2 Å². The zero-order valence-electron chi connectivity index (χ0n) is 21.6. The van der Waals surface area contributed by atoms with Gasteiger partial charge in [-0.3, -0.25) is 14.4 Å². The van der Waals surface area contributed by atoms with E-state index < -0.39 is 12.6 Å². The van der Waals surface area contributed by atoms with E-state index in [9.17, 15) is 19.2 Å². The molecular formula is C33H27NO6. The van der Waals surface area contributed by atoms with Gasteiger partial charge < -0.3 is 9.47 Å². The van der Waals surface area contributed by atoms with Crippen LogP contribution < -0.4 is 9.64 Å². The van der Waals surface area contributed by atoms with E-state index in [1.54, 1.807) is 42.5 Å². The Balaban J connectivity index is 1.01. The Morgan fingerprint density at radius 1 is 0.775 bits per heavy atom. The molecule has 0 unspecified atom stereocenters. The number of benzene rings is 3. The Morgan fingerprint density at radius 2 is 1.40 bits per heavy atom. The summed E-state index contributed by atoms with van der Waals surface area (Å²) in [5.41, 5.74) is 1.72. The van der Waals surface area contributed by atoms with E-state index in [-0.39, 0.29) is 52.5 Å². The van der Waals surface area contributed by atoms with Crippen molar-refractivity contribution >= 4 is 29.3 Å². The topological polar surface area (TPSA) is 90.0 Å². The first-order chi connectivity index (χ1) is 19.5. The predicted octanol–water partition coefficient (Wildman–Crippen LogP) is 4.86. The first-order valence-corrected chi connectivity index (χ1v) is 13.6. The lowest BCUT2D eigenvalue weighted by Crippen LogP contribution is -2.40. The number of nitrogens with zero attached hydrogens (tertiary/aromatic N) is 1. The number of carbonyl (C=O) groups excluding carboxylic acids is 4. The van der Waals surface area contributed by atoms with Crippen molar-refractivity contribution in [2.75, 3.05) is 11.5 Å². The van der Waals surface area contributed by atoms with Crippen LogP contribution in [0.5, 0.6) is 5.75 Å². The second-order valence-electron chi connectivity index (χ2n) is 11.0. The Hall–Kier alpha value is -4.52. The normalized spacial score (nSPS) is 27.2. The van der Waals surface area contributed by atoms with Crippen molar-refractivity contribution in [2.45, 2.75) is 13.0 Å². The van der Waals surface area contributed by atoms with E-state index in [1.165, 1.54) is 11.0 Å². The Morgan fingerprint density at radius 3 is 2.08 bits per heavy atom. The van der Waals surface area contributed by atoms with Crippen molar-refractivity contribution in [3.63, 3.8) is 0 Å². The van der Waals surface area contributed by atoms with E-state index in [1.807, 2.05) is 30.3 Å². The first-order valence-electron chi connectivity index (χ1n) is 13.6. The van der Waals surface area contributed by atoms with Gasteiger partial charge in [0, 0.05) is 5.56 Å². The van der Waals surface area contributed by atoms with Gasteiger partial charge in [0.05, 0.1) is 23.1 Å². The van der Waals surface area contributed by atoms with Crippen LogP contribution in [-0.4, -0.2) is 30.2 Å². The maximum absolute atomic E-state index is 13.5. The zero-order valence-corrected chi connectivity index (χ0v) is 21.6. The summed E-state index contributed by atoms with van der Waals surface area (Å²) >= 11 is 0. The number of allylic oxidation sites excluding steroid dienone is 2. The molecule has 6 atom stereocenters. The minimum absolute atomic E-state index is 0.0887. The number of amides is 2. The van der Waals surface area contributed by atoms with Crippen molar-refractivity contribution < 1.29 is 28.7 Å². The van der Waals surface area contributed by atoms with Gasteiger partial charge in [0.2, 0.25) is 11.8 Å². The van der Waals surface area contributed by atoms with Gasteiger partial charge in [0.1, 0.15) is 12.4 Å². The number of anilines is 1. The van der Waals surface area contributed by atoms with Crippen LogP contribution in [0, 0.1) is 35.5 Å². The summed E-state index contributed by atoms with van der Waals surface area (Å²) in [6.45, 7) is -0.0599. The molecule has 0 radical (unpaired) electrons. The molecule has 7 heteroatoms. The Labute approximate surface area is 231 Å². The molecule has 1 heterocycles. The summed E-state index contributed by atoms with van der Waals surface area (Å²) in [6, 6.07) is 22.9. The summed E-state index contributed by atoms with van der Waals surface area (Å²) in [5.74, 6) is -0.570. The summed E-state index contributed by atoms with van der Waals surface area (Å²) in [6.07, 6.45) is 5.31. The minimum Gasteiger partial charge on any atom is -0.489 e. The molecule has 5 aliphatic rings. The molecule has 7 nitrogen and oxygen atoms in total. The van der Waals surface area contributed by atoms with Gasteiger partial charge in [-0.25, -0.2) is 9.69 Å². The quantitative estimate of drug-likeness (QED) is 0.178. The predicted molar refractivity (Wildman–Crippen MR) is 145 cm³/mol. The molecule has 0 N–H and O–H groups in total. The fraction of sp³-hybridized carbons (Fsp3) is 0.273. The van der Waals surface area contributed by atoms with E-state index in [0.717, 1.165) is 12.0 Å². The number of imide groups is 1. The Bertz CT molecular complexity index is 1510. The minimum atomic E-state index is -0.758. The van der Waals surface area contributed by atoms with Gasteiger partial charge in [-0.15, -0.1) is 0 Å². The number of Topliss-reactive ketones (excluding diaryl/α,β-unsaturated/α-hetero) is 1. The molecule has 40 heavy (non-hydrogen) atoms. The highest BCUT2D eigenvalue weighted by molar-refractivity contribution is 6.24. The van der Waals surface area contributed by atoms with Crippen LogP contribution in [0.25, 0.3) is 0 Å². The van der Waals surface area contributed by atoms with Crippen LogP contribution in [0.1, 0.15) is 32.7 Å². The lowest BCUT2D eigenvalue weighted by molar-refractivity contribution is -0.124. The molecular weight excluding hydrogens is 506 g/mol. The molecule has 4 aliphatic carbocycles. The molecule has 0 aromatic heterocycles. The average molecular weight is 534 g/mol. The lowest BCUT2D eigenvalue weighted by Gasteiger charge is -2.37. The molecule has 1 saturated heterocycles. The SMILES string of the molecule is O=C(COC(=O)c1ccccc1N1C(=O)[C@@H]2[C@H]3C=C[C@@H]([C@@H]4C[C@H]34)[C@@H]2C1=O)c1ccc(OCc2ccccc2)cc1. The zero-order chi connectivity index (χ0) is 27.4. The van der Waals surface area contributed by atoms with E-state index in [4.69, 9.17) is 9.47 Å². The van der Waals surface area contributed by atoms with Gasteiger partial charge in [0.25, 0.3) is 0 Å². The second kappa shape index (κ2) is 9.59. The smallest absolute Gasteiger partial charge is 0.340 e.